The van der Waals surface area contributed by atoms with Gasteiger partial charge in [-0.15, -0.1) is 0 Å². The Bertz CT molecular complexity index is 1010. The summed E-state index contributed by atoms with van der Waals surface area (Å²) < 4.78 is 8.01. The smallest absolute Gasteiger partial charge is 0.385 e. The molecule has 3 rings (SSSR count). The average Bonchev–Trinajstić information content (AvgIpc) is 3.17. The molecule has 9 heteroatoms. The molecule has 0 amide bonds. The number of rotatable bonds is 6. The molecule has 0 radical (unpaired) electrons. The van der Waals surface area contributed by atoms with Gasteiger partial charge in [0.15, 0.2) is 18.3 Å². The van der Waals surface area contributed by atoms with Crippen molar-refractivity contribution in [3.63, 3.8) is 0 Å². The molecule has 0 aliphatic rings. The zero-order valence-corrected chi connectivity index (χ0v) is 16.6. The second kappa shape index (κ2) is 8.57. The fraction of sp³-hybridized carbons (Fsp3) is 0.105. The molecule has 0 bridgehead atoms. The first-order valence-electron chi connectivity index (χ1n) is 8.26. The Balaban J connectivity index is 1.60. The first-order valence-corrected chi connectivity index (χ1v) is 9.05. The predicted octanol–water partition coefficient (Wildman–Crippen LogP) is 3.05. The van der Waals surface area contributed by atoms with Crippen LogP contribution < -0.4 is 16.2 Å². The van der Waals surface area contributed by atoms with Crippen molar-refractivity contribution in [2.75, 3.05) is 5.73 Å². The van der Waals surface area contributed by atoms with Crippen LogP contribution in [0.4, 0.5) is 5.69 Å². The van der Waals surface area contributed by atoms with Gasteiger partial charge in [-0.25, -0.2) is 9.48 Å². The van der Waals surface area contributed by atoms with Crippen molar-refractivity contribution in [1.29, 1.82) is 0 Å². The van der Waals surface area contributed by atoms with E-state index >= 15 is 0 Å². The number of nitrogens with two attached hydrogens (primary N) is 2. The number of aromatic nitrogens is 2. The van der Waals surface area contributed by atoms with Gasteiger partial charge in [-0.2, -0.15) is 5.10 Å². The van der Waals surface area contributed by atoms with Crippen molar-refractivity contribution in [2.24, 2.45) is 10.9 Å². The Morgan fingerprint density at radius 2 is 1.96 bits per heavy atom. The maximum absolute atomic E-state index is 12.1. The maximum atomic E-state index is 12.1. The number of ether oxygens (including phenoxy) is 1. The maximum Gasteiger partial charge on any atom is 0.385 e. The molecule has 1 aromatic heterocycles. The third kappa shape index (κ3) is 4.68. The lowest BCUT2D eigenvalue weighted by molar-refractivity contribution is 0.0507. The minimum Gasteiger partial charge on any atom is -0.471 e. The number of hydrogen-bond acceptors (Lipinski definition) is 6. The van der Waals surface area contributed by atoms with Gasteiger partial charge in [0.2, 0.25) is 0 Å². The van der Waals surface area contributed by atoms with Gasteiger partial charge in [0.1, 0.15) is 5.75 Å². The lowest BCUT2D eigenvalue weighted by Gasteiger charge is -2.07. The van der Waals surface area contributed by atoms with Gasteiger partial charge >= 0.3 is 5.97 Å². The van der Waals surface area contributed by atoms with Crippen LogP contribution in [0.1, 0.15) is 21.6 Å². The molecule has 8 nitrogen and oxygen atoms in total. The quantitative estimate of drug-likeness (QED) is 0.198. The van der Waals surface area contributed by atoms with Gasteiger partial charge in [0.25, 0.3) is 0 Å². The number of amidine groups is 1. The second-order valence-electron chi connectivity index (χ2n) is 5.84. The molecule has 0 saturated carbocycles. The fourth-order valence-electron chi connectivity index (χ4n) is 2.33. The van der Waals surface area contributed by atoms with E-state index in [1.807, 2.05) is 31.2 Å². The summed E-state index contributed by atoms with van der Waals surface area (Å²) in [4.78, 5) is 17.0. The van der Waals surface area contributed by atoms with Crippen LogP contribution in [0.3, 0.4) is 0 Å². The molecular weight excluding hydrogens is 426 g/mol. The van der Waals surface area contributed by atoms with Crippen molar-refractivity contribution in [2.45, 2.75) is 13.7 Å². The highest BCUT2D eigenvalue weighted by Crippen LogP contribution is 2.17. The van der Waals surface area contributed by atoms with E-state index in [0.29, 0.717) is 17.0 Å². The molecule has 3 aromatic rings. The molecule has 0 aliphatic heterocycles. The van der Waals surface area contributed by atoms with E-state index in [-0.39, 0.29) is 18.3 Å². The summed E-state index contributed by atoms with van der Waals surface area (Å²) in [6.45, 7) is 1.95. The number of halogens is 1. The third-order valence-electron chi connectivity index (χ3n) is 3.91. The van der Waals surface area contributed by atoms with Crippen LogP contribution in [-0.4, -0.2) is 21.6 Å². The standard InChI is InChI=1S/C19H18BrN5O3/c1-12-15(3-2-4-16(12)21)18(22)24-28-19(26)17-9-10-25(23-17)11-27-14-7-5-13(20)6-8-14/h2-10H,11,21H2,1H3,(H2,22,24). The Labute approximate surface area is 169 Å². The molecule has 144 valence electrons. The number of nitrogen functional groups attached to an aromatic ring is 1. The van der Waals surface area contributed by atoms with E-state index in [9.17, 15) is 4.79 Å². The van der Waals surface area contributed by atoms with E-state index in [4.69, 9.17) is 21.0 Å². The molecule has 2 aromatic carbocycles. The summed E-state index contributed by atoms with van der Waals surface area (Å²) in [7, 11) is 0. The van der Waals surface area contributed by atoms with Gasteiger partial charge < -0.3 is 21.0 Å². The molecule has 0 aliphatic carbocycles. The number of carbonyl (C=O) groups is 1. The monoisotopic (exact) mass is 443 g/mol. The van der Waals surface area contributed by atoms with E-state index < -0.39 is 5.97 Å². The van der Waals surface area contributed by atoms with E-state index in [1.165, 1.54) is 10.7 Å². The number of hydrogen-bond donors (Lipinski definition) is 2. The summed E-state index contributed by atoms with van der Waals surface area (Å²) >= 11 is 3.36. The summed E-state index contributed by atoms with van der Waals surface area (Å²) in [5.41, 5.74) is 13.7. The average molecular weight is 444 g/mol. The van der Waals surface area contributed by atoms with Crippen molar-refractivity contribution < 1.29 is 14.4 Å². The zero-order chi connectivity index (χ0) is 20.1. The van der Waals surface area contributed by atoms with E-state index in [1.54, 1.807) is 24.4 Å². The topological polar surface area (TPSA) is 118 Å². The van der Waals surface area contributed by atoms with Gasteiger partial charge in [-0.05, 0) is 48.9 Å². The molecular formula is C19H18BrN5O3. The first-order chi connectivity index (χ1) is 13.4. The third-order valence-corrected chi connectivity index (χ3v) is 4.43. The van der Waals surface area contributed by atoms with Crippen molar-refractivity contribution >= 4 is 33.4 Å². The number of carbonyl (C=O) groups excluding carboxylic acids is 1. The highest BCUT2D eigenvalue weighted by atomic mass is 79.9. The summed E-state index contributed by atoms with van der Waals surface area (Å²) in [5, 5.41) is 7.79. The van der Waals surface area contributed by atoms with Gasteiger partial charge in [-0.1, -0.05) is 33.2 Å². The lowest BCUT2D eigenvalue weighted by Crippen LogP contribution is -2.17. The Hall–Kier alpha value is -3.33. The van der Waals surface area contributed by atoms with Crippen molar-refractivity contribution in [1.82, 2.24) is 9.78 Å². The molecule has 1 heterocycles. The minimum absolute atomic E-state index is 0.0520. The van der Waals surface area contributed by atoms with E-state index in [0.717, 1.165) is 10.0 Å². The molecule has 0 unspecified atom stereocenters. The van der Waals surface area contributed by atoms with Crippen LogP contribution in [0.5, 0.6) is 5.75 Å². The van der Waals surface area contributed by atoms with Crippen LogP contribution >= 0.6 is 15.9 Å². The minimum atomic E-state index is -0.730. The predicted molar refractivity (Wildman–Crippen MR) is 109 cm³/mol. The molecule has 28 heavy (non-hydrogen) atoms. The van der Waals surface area contributed by atoms with Crippen molar-refractivity contribution in [3.8, 4) is 5.75 Å². The number of nitrogens with zero attached hydrogens (tertiary/aromatic N) is 3. The molecule has 4 N–H and O–H groups in total. The molecule has 0 spiro atoms. The highest BCUT2D eigenvalue weighted by Gasteiger charge is 2.13. The summed E-state index contributed by atoms with van der Waals surface area (Å²) in [5.74, 6) is 0.000700. The number of anilines is 1. The lowest BCUT2D eigenvalue weighted by atomic mass is 10.1. The van der Waals surface area contributed by atoms with Crippen LogP contribution in [0.25, 0.3) is 0 Å². The normalized spacial score (nSPS) is 11.3. The summed E-state index contributed by atoms with van der Waals surface area (Å²) in [6, 6.07) is 14.1. The molecule has 0 saturated heterocycles. The van der Waals surface area contributed by atoms with Crippen LogP contribution in [0.15, 0.2) is 64.4 Å². The SMILES string of the molecule is Cc1c(N)cccc1/C(N)=N/OC(=O)c1ccn(COc2ccc(Br)cc2)n1. The Morgan fingerprint density at radius 1 is 1.21 bits per heavy atom. The van der Waals surface area contributed by atoms with Gasteiger partial charge in [0, 0.05) is 21.9 Å². The zero-order valence-electron chi connectivity index (χ0n) is 15.0. The number of oxime groups is 1. The van der Waals surface area contributed by atoms with Crippen LogP contribution in [-0.2, 0) is 11.6 Å². The second-order valence-corrected chi connectivity index (χ2v) is 6.76. The first kappa shape index (κ1) is 19.4. The van der Waals surface area contributed by atoms with E-state index in [2.05, 4.69) is 26.2 Å². The molecule has 0 atom stereocenters. The van der Waals surface area contributed by atoms with Gasteiger partial charge in [-0.3, -0.25) is 0 Å². The highest BCUT2D eigenvalue weighted by molar-refractivity contribution is 9.10. The number of benzene rings is 2. The Morgan fingerprint density at radius 3 is 2.71 bits per heavy atom. The largest absolute Gasteiger partial charge is 0.471 e. The van der Waals surface area contributed by atoms with Crippen LogP contribution in [0, 0.1) is 6.92 Å². The van der Waals surface area contributed by atoms with Crippen LogP contribution in [0.2, 0.25) is 0 Å². The molecule has 0 fully saturated rings. The van der Waals surface area contributed by atoms with Gasteiger partial charge in [0.05, 0.1) is 0 Å². The van der Waals surface area contributed by atoms with Crippen molar-refractivity contribution in [3.05, 3.63) is 76.0 Å². The summed E-state index contributed by atoms with van der Waals surface area (Å²) in [6.07, 6.45) is 1.60. The Kier molecular flexibility index (Phi) is 5.95. The fourth-order valence-corrected chi connectivity index (χ4v) is 2.60.